The second kappa shape index (κ2) is 6.49. The lowest BCUT2D eigenvalue weighted by Gasteiger charge is -2.33. The molecule has 2 unspecified atom stereocenters. The molecule has 23 heavy (non-hydrogen) atoms. The van der Waals surface area contributed by atoms with Gasteiger partial charge in [0.15, 0.2) is 6.04 Å². The van der Waals surface area contributed by atoms with E-state index in [2.05, 4.69) is 11.9 Å². The Morgan fingerprint density at radius 1 is 1.43 bits per heavy atom. The predicted octanol–water partition coefficient (Wildman–Crippen LogP) is 2.61. The Bertz CT molecular complexity index is 598. The van der Waals surface area contributed by atoms with Gasteiger partial charge in [-0.1, -0.05) is 19.1 Å². The lowest BCUT2D eigenvalue weighted by molar-refractivity contribution is -0.566. The van der Waals surface area contributed by atoms with Gasteiger partial charge in [-0.2, -0.15) is 13.2 Å². The minimum Gasteiger partial charge on any atom is -0.299 e. The third-order valence-corrected chi connectivity index (χ3v) is 3.38. The summed E-state index contributed by atoms with van der Waals surface area (Å²) in [6.07, 6.45) is -4.60. The van der Waals surface area contributed by atoms with Crippen LogP contribution < -0.4 is 5.32 Å². The van der Waals surface area contributed by atoms with Gasteiger partial charge in [-0.15, -0.1) is 0 Å². The van der Waals surface area contributed by atoms with Crippen molar-refractivity contribution in [2.75, 3.05) is 6.54 Å². The van der Waals surface area contributed by atoms with Crippen molar-refractivity contribution < 1.29 is 23.0 Å². The van der Waals surface area contributed by atoms with Crippen LogP contribution in [0.4, 0.5) is 13.2 Å². The highest BCUT2D eigenvalue weighted by molar-refractivity contribution is 5.39. The van der Waals surface area contributed by atoms with Crippen molar-refractivity contribution in [3.8, 4) is 0 Å². The maximum atomic E-state index is 13.0. The third-order valence-electron chi connectivity index (χ3n) is 3.38. The number of likely N-dealkylation sites (N-methyl/N-ethyl adjacent to an activating group) is 1. The Morgan fingerprint density at radius 2 is 2.00 bits per heavy atom. The molecule has 2 atom stereocenters. The first-order chi connectivity index (χ1) is 10.5. The van der Waals surface area contributed by atoms with Gasteiger partial charge in [-0.3, -0.25) is 25.5 Å². The van der Waals surface area contributed by atoms with Crippen LogP contribution in [-0.4, -0.2) is 34.1 Å². The Balaban J connectivity index is 3.67. The van der Waals surface area contributed by atoms with Crippen molar-refractivity contribution >= 4 is 0 Å². The number of halogens is 3. The smallest absolute Gasteiger partial charge is 0.299 e. The minimum absolute atomic E-state index is 0.108. The van der Waals surface area contributed by atoms with Crippen LogP contribution in [-0.2, 0) is 0 Å². The molecule has 0 radical (unpaired) electrons. The molecule has 0 bridgehead atoms. The molecule has 0 spiro atoms. The first-order valence-corrected chi connectivity index (χ1v) is 6.64. The van der Waals surface area contributed by atoms with Crippen LogP contribution in [0.25, 0.3) is 0 Å². The summed E-state index contributed by atoms with van der Waals surface area (Å²) in [6.45, 7) is 6.57. The average Bonchev–Trinajstić information content (AvgIpc) is 2.38. The van der Waals surface area contributed by atoms with Crippen molar-refractivity contribution in [2.24, 2.45) is 0 Å². The SMILES string of the molecule is C=C(C)CC1([N+](=O)[O-])C=C(C(F)(F)F)C=C([N+](=O)[O-])C1NCC. The van der Waals surface area contributed by atoms with E-state index >= 15 is 0 Å². The number of hydrogen-bond donors (Lipinski definition) is 1. The Labute approximate surface area is 129 Å². The lowest BCUT2D eigenvalue weighted by atomic mass is 9.77. The third kappa shape index (κ3) is 3.76. The van der Waals surface area contributed by atoms with Gasteiger partial charge in [0.1, 0.15) is 0 Å². The number of allylic oxidation sites excluding steroid dienone is 2. The standard InChI is InChI=1S/C13H16F3N3O4/c1-4-17-11-10(18(20)21)5-9(13(14,15)16)7-12(11,19(22)23)6-8(2)3/h5,7,11,17H,2,4,6H2,1,3H3. The number of hydrogen-bond acceptors (Lipinski definition) is 5. The topological polar surface area (TPSA) is 98.3 Å². The van der Waals surface area contributed by atoms with Crippen molar-refractivity contribution in [1.29, 1.82) is 0 Å². The molecule has 10 heteroatoms. The Kier molecular flexibility index (Phi) is 5.31. The molecule has 7 nitrogen and oxygen atoms in total. The van der Waals surface area contributed by atoms with Gasteiger partial charge in [0.25, 0.3) is 11.2 Å². The first-order valence-electron chi connectivity index (χ1n) is 6.64. The van der Waals surface area contributed by atoms with E-state index in [9.17, 15) is 33.4 Å². The lowest BCUT2D eigenvalue weighted by Crippen LogP contribution is -2.58. The molecule has 128 valence electrons. The number of nitro groups is 2. The summed E-state index contributed by atoms with van der Waals surface area (Å²) in [5.74, 6) is 0. The van der Waals surface area contributed by atoms with Gasteiger partial charge in [-0.25, -0.2) is 0 Å². The number of nitrogens with one attached hydrogen (secondary N) is 1. The fourth-order valence-electron chi connectivity index (χ4n) is 2.56. The normalized spacial score (nSPS) is 24.7. The summed E-state index contributed by atoms with van der Waals surface area (Å²) in [6, 6.07) is -1.50. The fraction of sp³-hybridized carbons (Fsp3) is 0.538. The van der Waals surface area contributed by atoms with Gasteiger partial charge in [0.05, 0.1) is 10.5 Å². The van der Waals surface area contributed by atoms with Gasteiger partial charge in [0, 0.05) is 23.5 Å². The summed E-state index contributed by atoms with van der Waals surface area (Å²) in [7, 11) is 0. The summed E-state index contributed by atoms with van der Waals surface area (Å²) < 4.78 is 39.1. The fourth-order valence-corrected chi connectivity index (χ4v) is 2.56. The summed E-state index contributed by atoms with van der Waals surface area (Å²) in [5, 5.41) is 25.3. The molecule has 1 rings (SSSR count). The van der Waals surface area contributed by atoms with Crippen LogP contribution >= 0.6 is 0 Å². The van der Waals surface area contributed by atoms with E-state index in [1.54, 1.807) is 6.92 Å². The van der Waals surface area contributed by atoms with Crippen molar-refractivity contribution in [3.63, 3.8) is 0 Å². The van der Waals surface area contributed by atoms with Crippen LogP contribution in [0.15, 0.2) is 35.6 Å². The summed E-state index contributed by atoms with van der Waals surface area (Å²) in [5.41, 5.74) is -4.38. The molecule has 0 amide bonds. The number of nitrogens with zero attached hydrogens (tertiary/aromatic N) is 2. The average molecular weight is 335 g/mol. The molecular formula is C13H16F3N3O4. The molecule has 1 aliphatic carbocycles. The quantitative estimate of drug-likeness (QED) is 0.457. The van der Waals surface area contributed by atoms with Crippen molar-refractivity contribution in [1.82, 2.24) is 5.32 Å². The van der Waals surface area contributed by atoms with Gasteiger partial charge in [0.2, 0.25) is 0 Å². The van der Waals surface area contributed by atoms with Crippen LogP contribution in [0, 0.1) is 20.2 Å². The number of rotatable bonds is 6. The van der Waals surface area contributed by atoms with Crippen molar-refractivity contribution in [3.05, 3.63) is 55.8 Å². The van der Waals surface area contributed by atoms with E-state index in [0.29, 0.717) is 12.2 Å². The molecule has 0 saturated heterocycles. The highest BCUT2D eigenvalue weighted by Gasteiger charge is 2.58. The van der Waals surface area contributed by atoms with Gasteiger partial charge in [-0.05, 0) is 13.5 Å². The summed E-state index contributed by atoms with van der Waals surface area (Å²) in [4.78, 5) is 20.8. The zero-order valence-corrected chi connectivity index (χ0v) is 12.5. The molecular weight excluding hydrogens is 319 g/mol. The maximum absolute atomic E-state index is 13.0. The van der Waals surface area contributed by atoms with Crippen LogP contribution in [0.5, 0.6) is 0 Å². The van der Waals surface area contributed by atoms with E-state index in [0.717, 1.165) is 0 Å². The molecule has 0 saturated carbocycles. The maximum Gasteiger partial charge on any atom is 0.416 e. The van der Waals surface area contributed by atoms with Gasteiger partial charge < -0.3 is 0 Å². The molecule has 0 fully saturated rings. The molecule has 1 N–H and O–H groups in total. The zero-order chi connectivity index (χ0) is 18.0. The first kappa shape index (κ1) is 18.8. The molecule has 0 aliphatic heterocycles. The summed E-state index contributed by atoms with van der Waals surface area (Å²) >= 11 is 0. The minimum atomic E-state index is -4.94. The second-order valence-electron chi connectivity index (χ2n) is 5.30. The van der Waals surface area contributed by atoms with Crippen LogP contribution in [0.2, 0.25) is 0 Å². The molecule has 0 aromatic heterocycles. The number of alkyl halides is 3. The van der Waals surface area contributed by atoms with Gasteiger partial charge >= 0.3 is 6.18 Å². The monoisotopic (exact) mass is 335 g/mol. The van der Waals surface area contributed by atoms with Crippen LogP contribution in [0.3, 0.4) is 0 Å². The molecule has 0 aromatic rings. The highest BCUT2D eigenvalue weighted by atomic mass is 19.4. The molecule has 0 aromatic carbocycles. The van der Waals surface area contributed by atoms with E-state index in [1.807, 2.05) is 0 Å². The van der Waals surface area contributed by atoms with E-state index in [1.165, 1.54) is 6.92 Å². The zero-order valence-electron chi connectivity index (χ0n) is 12.5. The highest BCUT2D eigenvalue weighted by Crippen LogP contribution is 2.40. The van der Waals surface area contributed by atoms with E-state index in [-0.39, 0.29) is 12.1 Å². The van der Waals surface area contributed by atoms with Crippen molar-refractivity contribution in [2.45, 2.75) is 38.0 Å². The predicted molar refractivity (Wildman–Crippen MR) is 75.8 cm³/mol. The van der Waals surface area contributed by atoms with E-state index < -0.39 is 45.3 Å². The van der Waals surface area contributed by atoms with Crippen LogP contribution in [0.1, 0.15) is 20.3 Å². The van der Waals surface area contributed by atoms with E-state index in [4.69, 9.17) is 0 Å². The Morgan fingerprint density at radius 3 is 2.35 bits per heavy atom. The molecule has 1 aliphatic rings. The largest absolute Gasteiger partial charge is 0.416 e. The Hall–Kier alpha value is -2.23. The molecule has 0 heterocycles. The second-order valence-corrected chi connectivity index (χ2v) is 5.30.